The molecule has 0 aliphatic carbocycles. The number of amides is 1. The molecule has 1 atom stereocenters. The summed E-state index contributed by atoms with van der Waals surface area (Å²) in [5.41, 5.74) is 2.04. The van der Waals surface area contributed by atoms with Gasteiger partial charge in [0.2, 0.25) is 5.91 Å². The van der Waals surface area contributed by atoms with Crippen molar-refractivity contribution in [2.24, 2.45) is 0 Å². The first-order valence-corrected chi connectivity index (χ1v) is 5.73. The lowest BCUT2D eigenvalue weighted by atomic mass is 10.1. The van der Waals surface area contributed by atoms with Gasteiger partial charge in [-0.25, -0.2) is 0 Å². The van der Waals surface area contributed by atoms with Gasteiger partial charge in [-0.3, -0.25) is 4.79 Å². The fourth-order valence-corrected chi connectivity index (χ4v) is 1.82. The highest BCUT2D eigenvalue weighted by Gasteiger charge is 2.13. The molecule has 1 rings (SSSR count). The second-order valence-electron chi connectivity index (χ2n) is 4.34. The topological polar surface area (TPSA) is 44.4 Å². The van der Waals surface area contributed by atoms with Gasteiger partial charge in [0, 0.05) is 25.2 Å². The number of nitrogens with zero attached hydrogens (tertiary/aromatic N) is 1. The van der Waals surface area contributed by atoms with Crippen molar-refractivity contribution in [2.75, 3.05) is 33.0 Å². The largest absolute Gasteiger partial charge is 0.326 e. The van der Waals surface area contributed by atoms with E-state index in [0.717, 1.165) is 12.2 Å². The Bertz CT molecular complexity index is 377. The Morgan fingerprint density at radius 1 is 1.41 bits per heavy atom. The summed E-state index contributed by atoms with van der Waals surface area (Å²) >= 11 is 0. The molecule has 2 N–H and O–H groups in total. The Balaban J connectivity index is 2.91. The number of carbonyl (C=O) groups excluding carboxylic acids is 1. The first kappa shape index (κ1) is 13.7. The van der Waals surface area contributed by atoms with Gasteiger partial charge < -0.3 is 15.5 Å². The van der Waals surface area contributed by atoms with E-state index in [1.54, 1.807) is 0 Å². The minimum absolute atomic E-state index is 0.0443. The van der Waals surface area contributed by atoms with Crippen LogP contribution in [0.25, 0.3) is 0 Å². The molecule has 0 aromatic heterocycles. The lowest BCUT2D eigenvalue weighted by Gasteiger charge is -2.25. The molecule has 1 aromatic carbocycles. The molecule has 94 valence electrons. The van der Waals surface area contributed by atoms with Crippen LogP contribution in [0.2, 0.25) is 0 Å². The number of likely N-dealkylation sites (N-methyl/N-ethyl adjacent to an activating group) is 2. The highest BCUT2D eigenvalue weighted by atomic mass is 16.1. The molecule has 1 amide bonds. The summed E-state index contributed by atoms with van der Waals surface area (Å²) in [6, 6.07) is 8.26. The third kappa shape index (κ3) is 4.17. The number of rotatable bonds is 5. The van der Waals surface area contributed by atoms with Crippen LogP contribution in [0, 0.1) is 0 Å². The maximum Gasteiger partial charge on any atom is 0.221 e. The highest BCUT2D eigenvalue weighted by molar-refractivity contribution is 5.88. The summed E-state index contributed by atoms with van der Waals surface area (Å²) in [5.74, 6) is -0.0443. The maximum absolute atomic E-state index is 11.0. The van der Waals surface area contributed by atoms with Crippen LogP contribution in [0.15, 0.2) is 24.3 Å². The smallest absolute Gasteiger partial charge is 0.221 e. The van der Waals surface area contributed by atoms with Crippen molar-refractivity contribution in [3.05, 3.63) is 29.8 Å². The molecule has 0 heterocycles. The zero-order chi connectivity index (χ0) is 12.8. The molecule has 0 saturated carbocycles. The number of nitrogens with one attached hydrogen (secondary N) is 2. The lowest BCUT2D eigenvalue weighted by molar-refractivity contribution is -0.114. The van der Waals surface area contributed by atoms with Gasteiger partial charge in [-0.15, -0.1) is 0 Å². The molecule has 4 nitrogen and oxygen atoms in total. The third-order valence-electron chi connectivity index (χ3n) is 2.61. The quantitative estimate of drug-likeness (QED) is 0.812. The number of hydrogen-bond donors (Lipinski definition) is 2. The van der Waals surface area contributed by atoms with Crippen molar-refractivity contribution < 1.29 is 4.79 Å². The Morgan fingerprint density at radius 3 is 2.65 bits per heavy atom. The van der Waals surface area contributed by atoms with E-state index in [1.165, 1.54) is 12.5 Å². The summed E-state index contributed by atoms with van der Waals surface area (Å²) in [5, 5.41) is 5.98. The molecular formula is C13H21N3O. The predicted octanol–water partition coefficient (Wildman–Crippen LogP) is 1.47. The number of carbonyl (C=O) groups is 1. The summed E-state index contributed by atoms with van der Waals surface area (Å²) < 4.78 is 0. The summed E-state index contributed by atoms with van der Waals surface area (Å²) in [6.07, 6.45) is 0. The van der Waals surface area contributed by atoms with Gasteiger partial charge in [-0.2, -0.15) is 0 Å². The van der Waals surface area contributed by atoms with E-state index in [4.69, 9.17) is 0 Å². The number of anilines is 1. The van der Waals surface area contributed by atoms with Crippen molar-refractivity contribution in [2.45, 2.75) is 13.0 Å². The molecule has 1 aromatic rings. The van der Waals surface area contributed by atoms with Gasteiger partial charge in [-0.05, 0) is 38.8 Å². The second kappa shape index (κ2) is 6.37. The fraction of sp³-hybridized carbons (Fsp3) is 0.462. The normalized spacial score (nSPS) is 12.5. The molecule has 0 radical (unpaired) electrons. The Kier molecular flexibility index (Phi) is 5.12. The van der Waals surface area contributed by atoms with Crippen molar-refractivity contribution in [1.82, 2.24) is 10.2 Å². The van der Waals surface area contributed by atoms with Crippen molar-refractivity contribution in [1.29, 1.82) is 0 Å². The zero-order valence-electron chi connectivity index (χ0n) is 10.9. The van der Waals surface area contributed by atoms with Crippen LogP contribution in [-0.4, -0.2) is 38.5 Å². The Hall–Kier alpha value is -1.39. The minimum Gasteiger partial charge on any atom is -0.326 e. The van der Waals surface area contributed by atoms with E-state index in [2.05, 4.69) is 21.6 Å². The van der Waals surface area contributed by atoms with Crippen LogP contribution >= 0.6 is 0 Å². The maximum atomic E-state index is 11.0. The second-order valence-corrected chi connectivity index (χ2v) is 4.34. The van der Waals surface area contributed by atoms with E-state index in [-0.39, 0.29) is 5.91 Å². The van der Waals surface area contributed by atoms with Crippen molar-refractivity contribution >= 4 is 11.6 Å². The molecule has 4 heteroatoms. The zero-order valence-corrected chi connectivity index (χ0v) is 10.9. The molecule has 0 bridgehead atoms. The Labute approximate surface area is 103 Å². The molecule has 0 aliphatic rings. The fourth-order valence-electron chi connectivity index (χ4n) is 1.82. The average molecular weight is 235 g/mol. The van der Waals surface area contributed by atoms with E-state index in [0.29, 0.717) is 6.04 Å². The van der Waals surface area contributed by atoms with E-state index < -0.39 is 0 Å². The number of benzene rings is 1. The standard InChI is InChI=1S/C13H21N3O/c1-10(17)15-12-7-5-6-11(8-12)13(9-14-2)16(3)4/h5-8,13-14H,9H2,1-4H3,(H,15,17). The van der Waals surface area contributed by atoms with Crippen LogP contribution < -0.4 is 10.6 Å². The van der Waals surface area contributed by atoms with Gasteiger partial charge in [0.25, 0.3) is 0 Å². The minimum atomic E-state index is -0.0443. The van der Waals surface area contributed by atoms with Crippen molar-refractivity contribution in [3.63, 3.8) is 0 Å². The molecule has 0 aliphatic heterocycles. The average Bonchev–Trinajstić information content (AvgIpc) is 2.24. The van der Waals surface area contributed by atoms with E-state index >= 15 is 0 Å². The van der Waals surface area contributed by atoms with Crippen LogP contribution in [0.4, 0.5) is 5.69 Å². The lowest BCUT2D eigenvalue weighted by Crippen LogP contribution is -2.29. The summed E-state index contributed by atoms with van der Waals surface area (Å²) in [4.78, 5) is 13.2. The van der Waals surface area contributed by atoms with E-state index in [9.17, 15) is 4.79 Å². The number of hydrogen-bond acceptors (Lipinski definition) is 3. The van der Waals surface area contributed by atoms with Crippen LogP contribution in [0.3, 0.4) is 0 Å². The van der Waals surface area contributed by atoms with Gasteiger partial charge in [-0.1, -0.05) is 12.1 Å². The molecule has 0 saturated heterocycles. The van der Waals surface area contributed by atoms with Gasteiger partial charge >= 0.3 is 0 Å². The molecule has 1 unspecified atom stereocenters. The molecule has 0 fully saturated rings. The van der Waals surface area contributed by atoms with E-state index in [1.807, 2.05) is 39.3 Å². The monoisotopic (exact) mass is 235 g/mol. The highest BCUT2D eigenvalue weighted by Crippen LogP contribution is 2.20. The summed E-state index contributed by atoms with van der Waals surface area (Å²) in [7, 11) is 6.04. The van der Waals surface area contributed by atoms with Crippen LogP contribution in [0.5, 0.6) is 0 Å². The van der Waals surface area contributed by atoms with Gasteiger partial charge in [0.15, 0.2) is 0 Å². The predicted molar refractivity (Wildman–Crippen MR) is 71.1 cm³/mol. The SMILES string of the molecule is CNCC(c1cccc(NC(C)=O)c1)N(C)C. The van der Waals surface area contributed by atoms with Crippen LogP contribution in [-0.2, 0) is 4.79 Å². The molecular weight excluding hydrogens is 214 g/mol. The Morgan fingerprint density at radius 2 is 2.12 bits per heavy atom. The van der Waals surface area contributed by atoms with Gasteiger partial charge in [0.05, 0.1) is 0 Å². The third-order valence-corrected chi connectivity index (χ3v) is 2.61. The van der Waals surface area contributed by atoms with Crippen molar-refractivity contribution in [3.8, 4) is 0 Å². The molecule has 0 spiro atoms. The summed E-state index contributed by atoms with van der Waals surface area (Å²) in [6.45, 7) is 2.39. The van der Waals surface area contributed by atoms with Gasteiger partial charge in [0.1, 0.15) is 0 Å². The molecule has 17 heavy (non-hydrogen) atoms. The first-order valence-electron chi connectivity index (χ1n) is 5.73. The first-order chi connectivity index (χ1) is 8.04. The van der Waals surface area contributed by atoms with Crippen LogP contribution in [0.1, 0.15) is 18.5 Å².